The van der Waals surface area contributed by atoms with Crippen LogP contribution >= 0.6 is 0 Å². The fourth-order valence-electron chi connectivity index (χ4n) is 1.59. The third-order valence-corrected chi connectivity index (χ3v) is 3.17. The van der Waals surface area contributed by atoms with Crippen molar-refractivity contribution in [1.29, 1.82) is 0 Å². The number of aliphatic hydroxyl groups excluding tert-OH is 1. The third kappa shape index (κ3) is 4.66. The number of nitrogens with one attached hydrogen (secondary N) is 1. The number of hydrogen-bond donors (Lipinski definition) is 2. The van der Waals surface area contributed by atoms with Crippen LogP contribution in [0.15, 0.2) is 24.3 Å². The van der Waals surface area contributed by atoms with Crippen molar-refractivity contribution in [3.05, 3.63) is 24.3 Å². The molecule has 5 heteroatoms. The molecule has 2 N–H and O–H groups in total. The molecule has 0 fully saturated rings. The fraction of sp³-hybridized carbons (Fsp3) is 0.467. The Bertz CT molecular complexity index is 469. The summed E-state index contributed by atoms with van der Waals surface area (Å²) in [5.41, 5.74) is 1.41. The molecule has 0 saturated carbocycles. The molecule has 1 rings (SSSR count). The Morgan fingerprint density at radius 1 is 1.25 bits per heavy atom. The number of nitrogens with zero attached hydrogens (tertiary/aromatic N) is 1. The third-order valence-electron chi connectivity index (χ3n) is 3.17. The Labute approximate surface area is 119 Å². The molecule has 0 spiro atoms. The summed E-state index contributed by atoms with van der Waals surface area (Å²) in [4.78, 5) is 24.5. The summed E-state index contributed by atoms with van der Waals surface area (Å²) in [6.45, 7) is 5.22. The van der Waals surface area contributed by atoms with E-state index in [-0.39, 0.29) is 24.2 Å². The maximum Gasteiger partial charge on any atom is 0.226 e. The van der Waals surface area contributed by atoms with Gasteiger partial charge in [-0.1, -0.05) is 13.8 Å². The number of carbonyl (C=O) groups excluding carboxylic acids is 2. The molecule has 1 aromatic carbocycles. The maximum absolute atomic E-state index is 11.7. The fourth-order valence-corrected chi connectivity index (χ4v) is 1.59. The highest BCUT2D eigenvalue weighted by atomic mass is 16.3. The van der Waals surface area contributed by atoms with Crippen molar-refractivity contribution in [1.82, 2.24) is 0 Å². The molecule has 0 saturated heterocycles. The van der Waals surface area contributed by atoms with Gasteiger partial charge in [-0.15, -0.1) is 0 Å². The van der Waals surface area contributed by atoms with E-state index in [4.69, 9.17) is 0 Å². The van der Waals surface area contributed by atoms with Crippen molar-refractivity contribution in [2.75, 3.05) is 17.3 Å². The number of amides is 2. The van der Waals surface area contributed by atoms with Crippen LogP contribution in [0.4, 0.5) is 11.4 Å². The summed E-state index contributed by atoms with van der Waals surface area (Å²) in [6, 6.07) is 6.98. The SMILES string of the molecule is CC(=O)N(C)c1ccc(NC(=O)CC(O)C(C)C)cc1. The Hall–Kier alpha value is -1.88. The number of rotatable bonds is 5. The van der Waals surface area contributed by atoms with Crippen LogP contribution in [0.3, 0.4) is 0 Å². The van der Waals surface area contributed by atoms with Crippen molar-refractivity contribution in [2.24, 2.45) is 5.92 Å². The minimum absolute atomic E-state index is 0.0485. The second-order valence-corrected chi connectivity index (χ2v) is 5.19. The Morgan fingerprint density at radius 3 is 2.25 bits per heavy atom. The predicted octanol–water partition coefficient (Wildman–Crippen LogP) is 2.01. The summed E-state index contributed by atoms with van der Waals surface area (Å²) in [7, 11) is 1.69. The van der Waals surface area contributed by atoms with Crippen LogP contribution in [0, 0.1) is 5.92 Å². The Morgan fingerprint density at radius 2 is 1.80 bits per heavy atom. The second kappa shape index (κ2) is 7.05. The largest absolute Gasteiger partial charge is 0.392 e. The number of hydrogen-bond acceptors (Lipinski definition) is 3. The van der Waals surface area contributed by atoms with Crippen molar-refractivity contribution in [3.8, 4) is 0 Å². The number of benzene rings is 1. The van der Waals surface area contributed by atoms with E-state index >= 15 is 0 Å². The minimum Gasteiger partial charge on any atom is -0.392 e. The predicted molar refractivity (Wildman–Crippen MR) is 79.6 cm³/mol. The lowest BCUT2D eigenvalue weighted by Gasteiger charge is -2.16. The molecule has 1 atom stereocenters. The highest BCUT2D eigenvalue weighted by molar-refractivity contribution is 5.93. The molecule has 0 radical (unpaired) electrons. The van der Waals surface area contributed by atoms with Gasteiger partial charge in [-0.05, 0) is 30.2 Å². The van der Waals surface area contributed by atoms with E-state index in [0.29, 0.717) is 5.69 Å². The van der Waals surface area contributed by atoms with Gasteiger partial charge in [0.2, 0.25) is 11.8 Å². The Balaban J connectivity index is 2.62. The molecule has 20 heavy (non-hydrogen) atoms. The molecule has 5 nitrogen and oxygen atoms in total. The highest BCUT2D eigenvalue weighted by Gasteiger charge is 2.14. The summed E-state index contributed by atoms with van der Waals surface area (Å²) in [6.07, 6.45) is -0.564. The normalized spacial score (nSPS) is 12.1. The van der Waals surface area contributed by atoms with Gasteiger partial charge in [0.15, 0.2) is 0 Å². The first kappa shape index (κ1) is 16.2. The van der Waals surface area contributed by atoms with Crippen LogP contribution in [-0.4, -0.2) is 30.1 Å². The van der Waals surface area contributed by atoms with Gasteiger partial charge in [-0.2, -0.15) is 0 Å². The van der Waals surface area contributed by atoms with Gasteiger partial charge >= 0.3 is 0 Å². The van der Waals surface area contributed by atoms with Gasteiger partial charge in [-0.25, -0.2) is 0 Å². The zero-order valence-electron chi connectivity index (χ0n) is 12.4. The molecule has 0 bridgehead atoms. The summed E-state index contributed by atoms with van der Waals surface area (Å²) < 4.78 is 0. The molecule has 0 heterocycles. The van der Waals surface area contributed by atoms with E-state index in [9.17, 15) is 14.7 Å². The first-order chi connectivity index (χ1) is 9.31. The van der Waals surface area contributed by atoms with Crippen LogP contribution < -0.4 is 10.2 Å². The standard InChI is InChI=1S/C15H22N2O3/c1-10(2)14(19)9-15(20)16-12-5-7-13(8-6-12)17(4)11(3)18/h5-8,10,14,19H,9H2,1-4H3,(H,16,20). The first-order valence-corrected chi connectivity index (χ1v) is 6.63. The lowest BCUT2D eigenvalue weighted by atomic mass is 10.0. The second-order valence-electron chi connectivity index (χ2n) is 5.19. The smallest absolute Gasteiger partial charge is 0.226 e. The monoisotopic (exact) mass is 278 g/mol. The molecule has 0 aliphatic heterocycles. The molecule has 1 unspecified atom stereocenters. The first-order valence-electron chi connectivity index (χ1n) is 6.63. The van der Waals surface area contributed by atoms with Crippen LogP contribution in [0.2, 0.25) is 0 Å². The molecule has 110 valence electrons. The van der Waals surface area contributed by atoms with Gasteiger partial charge in [0.05, 0.1) is 12.5 Å². The summed E-state index contributed by atoms with van der Waals surface area (Å²) in [5.74, 6) is -0.229. The van der Waals surface area contributed by atoms with Crippen LogP contribution in [0.1, 0.15) is 27.2 Å². The number of carbonyl (C=O) groups is 2. The molecular weight excluding hydrogens is 256 g/mol. The van der Waals surface area contributed by atoms with Crippen molar-refractivity contribution < 1.29 is 14.7 Å². The lowest BCUT2D eigenvalue weighted by Crippen LogP contribution is -2.24. The summed E-state index contributed by atoms with van der Waals surface area (Å²) >= 11 is 0. The van der Waals surface area contributed by atoms with Crippen molar-refractivity contribution in [3.63, 3.8) is 0 Å². The maximum atomic E-state index is 11.7. The van der Waals surface area contributed by atoms with E-state index in [1.807, 2.05) is 13.8 Å². The summed E-state index contributed by atoms with van der Waals surface area (Å²) in [5, 5.41) is 12.4. The minimum atomic E-state index is -0.641. The van der Waals surface area contributed by atoms with Crippen molar-refractivity contribution >= 4 is 23.2 Å². The number of aliphatic hydroxyl groups is 1. The van der Waals surface area contributed by atoms with Gasteiger partial charge in [0, 0.05) is 25.3 Å². The average Bonchev–Trinajstić information content (AvgIpc) is 2.38. The molecule has 2 amide bonds. The zero-order valence-corrected chi connectivity index (χ0v) is 12.4. The highest BCUT2D eigenvalue weighted by Crippen LogP contribution is 2.17. The molecule has 0 aliphatic carbocycles. The van der Waals surface area contributed by atoms with E-state index < -0.39 is 6.10 Å². The molecule has 1 aromatic rings. The van der Waals surface area contributed by atoms with Gasteiger partial charge in [-0.3, -0.25) is 9.59 Å². The topological polar surface area (TPSA) is 69.6 Å². The zero-order chi connectivity index (χ0) is 15.3. The van der Waals surface area contributed by atoms with Gasteiger partial charge < -0.3 is 15.3 Å². The molecule has 0 aromatic heterocycles. The van der Waals surface area contributed by atoms with E-state index in [0.717, 1.165) is 5.69 Å². The van der Waals surface area contributed by atoms with E-state index in [2.05, 4.69) is 5.32 Å². The van der Waals surface area contributed by atoms with E-state index in [1.165, 1.54) is 11.8 Å². The lowest BCUT2D eigenvalue weighted by molar-refractivity contribution is -0.118. The van der Waals surface area contributed by atoms with Crippen LogP contribution in [0.5, 0.6) is 0 Å². The van der Waals surface area contributed by atoms with Crippen molar-refractivity contribution in [2.45, 2.75) is 33.3 Å². The van der Waals surface area contributed by atoms with Crippen LogP contribution in [0.25, 0.3) is 0 Å². The van der Waals surface area contributed by atoms with E-state index in [1.54, 1.807) is 31.3 Å². The number of anilines is 2. The quantitative estimate of drug-likeness (QED) is 0.865. The van der Waals surface area contributed by atoms with Crippen LogP contribution in [-0.2, 0) is 9.59 Å². The average molecular weight is 278 g/mol. The Kier molecular flexibility index (Phi) is 5.70. The molecule has 0 aliphatic rings. The molecular formula is C15H22N2O3. The van der Waals surface area contributed by atoms with Gasteiger partial charge in [0.25, 0.3) is 0 Å². The van der Waals surface area contributed by atoms with Gasteiger partial charge in [0.1, 0.15) is 0 Å².